The number of carbonyl (C=O) groups is 1. The van der Waals surface area contributed by atoms with Gasteiger partial charge in [0, 0.05) is 25.7 Å². The topological polar surface area (TPSA) is 50.8 Å². The van der Waals surface area contributed by atoms with Crippen molar-refractivity contribution in [1.82, 2.24) is 5.32 Å². The van der Waals surface area contributed by atoms with E-state index in [9.17, 15) is 4.79 Å². The average Bonchev–Trinajstić information content (AvgIpc) is 2.64. The SMILES string of the molecule is COc1cccc(OCC(=O)NCC#Cc2ccccc2N(C)C)c1. The standard InChI is InChI=1S/C20H22N2O3/c1-22(2)19-12-5-4-8-16(19)9-7-13-21-20(23)15-25-18-11-6-10-17(14-18)24-3/h4-6,8,10-12,14H,13,15H2,1-3H3,(H,21,23). The summed E-state index contributed by atoms with van der Waals surface area (Å²) in [5.41, 5.74) is 1.97. The lowest BCUT2D eigenvalue weighted by molar-refractivity contribution is -0.122. The van der Waals surface area contributed by atoms with Crippen LogP contribution < -0.4 is 19.7 Å². The zero-order valence-electron chi connectivity index (χ0n) is 14.7. The van der Waals surface area contributed by atoms with Crippen LogP contribution in [0.4, 0.5) is 5.69 Å². The Balaban J connectivity index is 1.81. The lowest BCUT2D eigenvalue weighted by Gasteiger charge is -2.13. The molecule has 0 aliphatic rings. The number of nitrogens with one attached hydrogen (secondary N) is 1. The smallest absolute Gasteiger partial charge is 0.258 e. The highest BCUT2D eigenvalue weighted by Gasteiger charge is 2.03. The number of benzene rings is 2. The Morgan fingerprint density at radius 2 is 1.88 bits per heavy atom. The Bertz CT molecular complexity index is 776. The summed E-state index contributed by atoms with van der Waals surface area (Å²) >= 11 is 0. The van der Waals surface area contributed by atoms with Crippen LogP contribution in [-0.4, -0.2) is 40.3 Å². The molecule has 0 heterocycles. The molecular formula is C20H22N2O3. The first-order valence-electron chi connectivity index (χ1n) is 7.89. The summed E-state index contributed by atoms with van der Waals surface area (Å²) in [6.07, 6.45) is 0. The zero-order valence-corrected chi connectivity index (χ0v) is 14.7. The van der Waals surface area contributed by atoms with Gasteiger partial charge in [0.25, 0.3) is 5.91 Å². The summed E-state index contributed by atoms with van der Waals surface area (Å²) < 4.78 is 10.5. The van der Waals surface area contributed by atoms with Gasteiger partial charge in [-0.05, 0) is 24.3 Å². The van der Waals surface area contributed by atoms with Gasteiger partial charge in [-0.25, -0.2) is 0 Å². The van der Waals surface area contributed by atoms with Crippen LogP contribution in [0, 0.1) is 11.8 Å². The van der Waals surface area contributed by atoms with Crippen molar-refractivity contribution in [3.8, 4) is 23.3 Å². The second kappa shape index (κ2) is 9.24. The second-order valence-electron chi connectivity index (χ2n) is 5.46. The highest BCUT2D eigenvalue weighted by Crippen LogP contribution is 2.18. The third-order valence-electron chi connectivity index (χ3n) is 3.39. The van der Waals surface area contributed by atoms with Gasteiger partial charge in [0.1, 0.15) is 11.5 Å². The summed E-state index contributed by atoms with van der Waals surface area (Å²) in [6.45, 7) is 0.200. The van der Waals surface area contributed by atoms with Crippen molar-refractivity contribution >= 4 is 11.6 Å². The van der Waals surface area contributed by atoms with Gasteiger partial charge in [-0.2, -0.15) is 0 Å². The lowest BCUT2D eigenvalue weighted by atomic mass is 10.1. The van der Waals surface area contributed by atoms with Crippen molar-refractivity contribution in [2.75, 3.05) is 39.3 Å². The van der Waals surface area contributed by atoms with Crippen LogP contribution in [0.1, 0.15) is 5.56 Å². The lowest BCUT2D eigenvalue weighted by Crippen LogP contribution is -2.29. The molecule has 2 rings (SSSR count). The van der Waals surface area contributed by atoms with Crippen molar-refractivity contribution in [2.45, 2.75) is 0 Å². The number of hydrogen-bond acceptors (Lipinski definition) is 4. The number of carbonyl (C=O) groups excluding carboxylic acids is 1. The summed E-state index contributed by atoms with van der Waals surface area (Å²) in [4.78, 5) is 13.8. The Morgan fingerprint density at radius 3 is 2.64 bits per heavy atom. The fourth-order valence-corrected chi connectivity index (χ4v) is 2.14. The highest BCUT2D eigenvalue weighted by atomic mass is 16.5. The fourth-order valence-electron chi connectivity index (χ4n) is 2.14. The molecule has 0 bridgehead atoms. The van der Waals surface area contributed by atoms with E-state index in [4.69, 9.17) is 9.47 Å². The van der Waals surface area contributed by atoms with Crippen LogP contribution in [0.5, 0.6) is 11.5 Å². The Morgan fingerprint density at radius 1 is 1.12 bits per heavy atom. The first-order valence-corrected chi connectivity index (χ1v) is 7.89. The molecule has 2 aromatic rings. The minimum absolute atomic E-state index is 0.0663. The van der Waals surface area contributed by atoms with Gasteiger partial charge >= 0.3 is 0 Å². The summed E-state index contributed by atoms with van der Waals surface area (Å²) in [5.74, 6) is 7.08. The van der Waals surface area contributed by atoms with Gasteiger partial charge in [0.2, 0.25) is 0 Å². The van der Waals surface area contributed by atoms with E-state index < -0.39 is 0 Å². The largest absolute Gasteiger partial charge is 0.497 e. The van der Waals surface area contributed by atoms with E-state index in [1.54, 1.807) is 25.3 Å². The van der Waals surface area contributed by atoms with Gasteiger partial charge in [0.05, 0.1) is 19.3 Å². The number of anilines is 1. The van der Waals surface area contributed by atoms with Crippen molar-refractivity contribution in [3.63, 3.8) is 0 Å². The molecule has 130 valence electrons. The third kappa shape index (κ3) is 5.78. The quantitative estimate of drug-likeness (QED) is 0.821. The van der Waals surface area contributed by atoms with E-state index in [1.165, 1.54) is 0 Å². The van der Waals surface area contributed by atoms with Crippen molar-refractivity contribution in [3.05, 3.63) is 54.1 Å². The molecule has 0 spiro atoms. The molecule has 0 unspecified atom stereocenters. The molecule has 0 atom stereocenters. The molecular weight excluding hydrogens is 316 g/mol. The molecule has 1 amide bonds. The van der Waals surface area contributed by atoms with Gasteiger partial charge in [-0.1, -0.05) is 30.0 Å². The van der Waals surface area contributed by atoms with E-state index in [0.29, 0.717) is 11.5 Å². The maximum atomic E-state index is 11.8. The number of amides is 1. The van der Waals surface area contributed by atoms with Gasteiger partial charge in [-0.3, -0.25) is 4.79 Å². The van der Waals surface area contributed by atoms with E-state index >= 15 is 0 Å². The van der Waals surface area contributed by atoms with Crippen LogP contribution in [0.2, 0.25) is 0 Å². The van der Waals surface area contributed by atoms with Crippen LogP contribution in [0.3, 0.4) is 0 Å². The molecule has 1 N–H and O–H groups in total. The van der Waals surface area contributed by atoms with Crippen molar-refractivity contribution in [1.29, 1.82) is 0 Å². The second-order valence-corrected chi connectivity index (χ2v) is 5.46. The number of methoxy groups -OCH3 is 1. The first kappa shape index (κ1) is 18.2. The number of ether oxygens (including phenoxy) is 2. The Kier molecular flexibility index (Phi) is 6.73. The summed E-state index contributed by atoms with van der Waals surface area (Å²) in [6, 6.07) is 15.0. The molecule has 0 aliphatic carbocycles. The molecule has 5 nitrogen and oxygen atoms in total. The van der Waals surface area contributed by atoms with E-state index in [-0.39, 0.29) is 19.1 Å². The average molecular weight is 338 g/mol. The number of para-hydroxylation sites is 1. The molecule has 0 aromatic heterocycles. The van der Waals surface area contributed by atoms with Gasteiger partial charge < -0.3 is 19.7 Å². The maximum absolute atomic E-state index is 11.8. The fraction of sp³-hybridized carbons (Fsp3) is 0.250. The number of rotatable bonds is 6. The Labute approximate surface area is 148 Å². The maximum Gasteiger partial charge on any atom is 0.258 e. The van der Waals surface area contributed by atoms with Crippen LogP contribution in [0.15, 0.2) is 48.5 Å². The summed E-state index contributed by atoms with van der Waals surface area (Å²) in [5, 5.41) is 2.72. The monoisotopic (exact) mass is 338 g/mol. The molecule has 0 radical (unpaired) electrons. The third-order valence-corrected chi connectivity index (χ3v) is 3.39. The summed E-state index contributed by atoms with van der Waals surface area (Å²) in [7, 11) is 5.52. The molecule has 0 aliphatic heterocycles. The van der Waals surface area contributed by atoms with Crippen molar-refractivity contribution < 1.29 is 14.3 Å². The van der Waals surface area contributed by atoms with Crippen LogP contribution in [0.25, 0.3) is 0 Å². The van der Waals surface area contributed by atoms with Crippen LogP contribution >= 0.6 is 0 Å². The Hall–Kier alpha value is -3.13. The molecule has 5 heteroatoms. The van der Waals surface area contributed by atoms with E-state index in [1.807, 2.05) is 49.3 Å². The van der Waals surface area contributed by atoms with Gasteiger partial charge in [-0.15, -0.1) is 0 Å². The number of nitrogens with zero attached hydrogens (tertiary/aromatic N) is 1. The van der Waals surface area contributed by atoms with Gasteiger partial charge in [0.15, 0.2) is 6.61 Å². The zero-order chi connectivity index (χ0) is 18.1. The molecule has 0 saturated heterocycles. The van der Waals surface area contributed by atoms with Crippen LogP contribution in [-0.2, 0) is 4.79 Å². The van der Waals surface area contributed by atoms with E-state index in [2.05, 4.69) is 17.2 Å². The predicted molar refractivity (Wildman–Crippen MR) is 99.1 cm³/mol. The molecule has 2 aromatic carbocycles. The van der Waals surface area contributed by atoms with Crippen molar-refractivity contribution in [2.24, 2.45) is 0 Å². The minimum atomic E-state index is -0.224. The molecule has 25 heavy (non-hydrogen) atoms. The molecule has 0 saturated carbocycles. The number of hydrogen-bond donors (Lipinski definition) is 1. The highest BCUT2D eigenvalue weighted by molar-refractivity contribution is 5.77. The molecule has 0 fully saturated rings. The minimum Gasteiger partial charge on any atom is -0.497 e. The first-order chi connectivity index (χ1) is 12.1. The normalized spacial score (nSPS) is 9.56. The predicted octanol–water partition coefficient (Wildman–Crippen LogP) is 2.31. The van der Waals surface area contributed by atoms with E-state index in [0.717, 1.165) is 11.3 Å².